The van der Waals surface area contributed by atoms with Gasteiger partial charge in [0.25, 0.3) is 5.69 Å². The summed E-state index contributed by atoms with van der Waals surface area (Å²) in [5, 5.41) is 37.2. The number of benzene rings is 2. The largest absolute Gasteiger partial charge is 0.382 e. The molecule has 2 heterocycles. The number of hydrogen-bond donors (Lipinski definition) is 1. The van der Waals surface area contributed by atoms with Crippen molar-refractivity contribution in [3.63, 3.8) is 0 Å². The van der Waals surface area contributed by atoms with Crippen LogP contribution in [-0.2, 0) is 0 Å². The fourth-order valence-corrected chi connectivity index (χ4v) is 2.90. The highest BCUT2D eigenvalue weighted by atomic mass is 16.6. The molecule has 0 bridgehead atoms. The van der Waals surface area contributed by atoms with Crippen molar-refractivity contribution in [3.05, 3.63) is 82.2 Å². The van der Waals surface area contributed by atoms with Gasteiger partial charge in [0.1, 0.15) is 11.6 Å². The SMILES string of the molecule is Cc1nn(-c2ccccc2)c(N)c1N=Nc1nn(-c2ccc([N+](=O)[O-])cc2)cc1C#N. The van der Waals surface area contributed by atoms with Crippen LogP contribution in [0.1, 0.15) is 11.3 Å². The van der Waals surface area contributed by atoms with E-state index in [1.165, 1.54) is 35.1 Å². The molecule has 4 rings (SSSR count). The second kappa shape index (κ2) is 7.88. The Morgan fingerprint density at radius 3 is 2.42 bits per heavy atom. The number of nitro groups is 1. The van der Waals surface area contributed by atoms with E-state index in [0.717, 1.165) is 5.69 Å². The molecular weight excluding hydrogens is 398 g/mol. The first-order chi connectivity index (χ1) is 15.0. The van der Waals surface area contributed by atoms with E-state index in [1.54, 1.807) is 11.6 Å². The van der Waals surface area contributed by atoms with E-state index in [4.69, 9.17) is 5.73 Å². The Morgan fingerprint density at radius 1 is 1.06 bits per heavy atom. The zero-order valence-electron chi connectivity index (χ0n) is 16.2. The molecule has 11 heteroatoms. The number of nitro benzene ring substituents is 1. The topological polar surface area (TPSA) is 153 Å². The summed E-state index contributed by atoms with van der Waals surface area (Å²) in [7, 11) is 0. The van der Waals surface area contributed by atoms with Crippen LogP contribution in [0.5, 0.6) is 0 Å². The summed E-state index contributed by atoms with van der Waals surface area (Å²) in [6.45, 7) is 1.75. The smallest absolute Gasteiger partial charge is 0.269 e. The van der Waals surface area contributed by atoms with Crippen LogP contribution in [0.4, 0.5) is 23.0 Å². The molecule has 2 aromatic carbocycles. The molecule has 2 aromatic heterocycles. The molecule has 0 radical (unpaired) electrons. The van der Waals surface area contributed by atoms with Gasteiger partial charge in [-0.05, 0) is 31.2 Å². The summed E-state index contributed by atoms with van der Waals surface area (Å²) in [6, 6.07) is 17.1. The van der Waals surface area contributed by atoms with E-state index in [2.05, 4.69) is 20.4 Å². The Morgan fingerprint density at radius 2 is 1.77 bits per heavy atom. The molecule has 2 N–H and O–H groups in total. The van der Waals surface area contributed by atoms with Crippen LogP contribution in [0.15, 0.2) is 71.0 Å². The van der Waals surface area contributed by atoms with Gasteiger partial charge in [0, 0.05) is 12.1 Å². The molecule has 31 heavy (non-hydrogen) atoms. The van der Waals surface area contributed by atoms with Gasteiger partial charge in [-0.2, -0.15) is 10.4 Å². The minimum Gasteiger partial charge on any atom is -0.382 e. The van der Waals surface area contributed by atoms with Crippen molar-refractivity contribution in [1.82, 2.24) is 19.6 Å². The van der Waals surface area contributed by atoms with Gasteiger partial charge in [0.2, 0.25) is 5.82 Å². The number of nitrogens with two attached hydrogens (primary N) is 1. The number of aromatic nitrogens is 4. The maximum absolute atomic E-state index is 10.8. The molecule has 4 aromatic rings. The van der Waals surface area contributed by atoms with Crippen LogP contribution >= 0.6 is 0 Å². The van der Waals surface area contributed by atoms with Crippen molar-refractivity contribution in [1.29, 1.82) is 5.26 Å². The molecule has 11 nitrogen and oxygen atoms in total. The third-order valence-electron chi connectivity index (χ3n) is 4.45. The summed E-state index contributed by atoms with van der Waals surface area (Å²) < 4.78 is 2.96. The predicted molar refractivity (Wildman–Crippen MR) is 112 cm³/mol. The number of nitrogen functional groups attached to an aromatic ring is 1. The lowest BCUT2D eigenvalue weighted by Crippen LogP contribution is -2.01. The van der Waals surface area contributed by atoms with E-state index in [9.17, 15) is 15.4 Å². The number of azo groups is 1. The average Bonchev–Trinajstić information content (AvgIpc) is 3.33. The fraction of sp³-hybridized carbons (Fsp3) is 0.0500. The quantitative estimate of drug-likeness (QED) is 0.294. The number of anilines is 1. The molecule has 0 fully saturated rings. The highest BCUT2D eigenvalue weighted by molar-refractivity contribution is 5.64. The molecule has 0 aliphatic rings. The molecule has 0 aliphatic heterocycles. The molecule has 0 unspecified atom stereocenters. The number of nitrogens with zero attached hydrogens (tertiary/aromatic N) is 8. The van der Waals surface area contributed by atoms with Crippen LogP contribution in [0, 0.1) is 28.4 Å². The number of hydrogen-bond acceptors (Lipinski definition) is 8. The normalized spacial score (nSPS) is 11.0. The Balaban J connectivity index is 1.67. The Bertz CT molecular complexity index is 1330. The second-order valence-corrected chi connectivity index (χ2v) is 6.46. The zero-order chi connectivity index (χ0) is 22.0. The number of nitriles is 1. The summed E-state index contributed by atoms with van der Waals surface area (Å²) >= 11 is 0. The van der Waals surface area contributed by atoms with Crippen LogP contribution in [-0.4, -0.2) is 24.5 Å². The number of rotatable bonds is 5. The number of non-ortho nitro benzene ring substituents is 1. The number of para-hydroxylation sites is 1. The first-order valence-electron chi connectivity index (χ1n) is 9.05. The summed E-state index contributed by atoms with van der Waals surface area (Å²) in [6.07, 6.45) is 1.47. The van der Waals surface area contributed by atoms with Gasteiger partial charge in [0.15, 0.2) is 11.5 Å². The van der Waals surface area contributed by atoms with Crippen LogP contribution < -0.4 is 5.73 Å². The fourth-order valence-electron chi connectivity index (χ4n) is 2.90. The van der Waals surface area contributed by atoms with Gasteiger partial charge in [-0.25, -0.2) is 9.36 Å². The van der Waals surface area contributed by atoms with Crippen LogP contribution in [0.2, 0.25) is 0 Å². The van der Waals surface area contributed by atoms with Crippen molar-refractivity contribution in [2.24, 2.45) is 10.2 Å². The lowest BCUT2D eigenvalue weighted by Gasteiger charge is -2.02. The van der Waals surface area contributed by atoms with E-state index < -0.39 is 4.92 Å². The van der Waals surface area contributed by atoms with E-state index in [0.29, 0.717) is 22.9 Å². The molecule has 0 aliphatic carbocycles. The van der Waals surface area contributed by atoms with Gasteiger partial charge < -0.3 is 5.73 Å². The van der Waals surface area contributed by atoms with Gasteiger partial charge in [-0.15, -0.1) is 15.3 Å². The van der Waals surface area contributed by atoms with Gasteiger partial charge in [-0.1, -0.05) is 18.2 Å². The van der Waals surface area contributed by atoms with Crippen molar-refractivity contribution in [2.75, 3.05) is 5.73 Å². The number of aryl methyl sites for hydroxylation is 1. The van der Waals surface area contributed by atoms with Crippen LogP contribution in [0.25, 0.3) is 11.4 Å². The maximum Gasteiger partial charge on any atom is 0.269 e. The summed E-state index contributed by atoms with van der Waals surface area (Å²) in [5.41, 5.74) is 8.61. The van der Waals surface area contributed by atoms with E-state index >= 15 is 0 Å². The monoisotopic (exact) mass is 413 g/mol. The molecule has 0 atom stereocenters. The zero-order valence-corrected chi connectivity index (χ0v) is 16.2. The van der Waals surface area contributed by atoms with Crippen molar-refractivity contribution >= 4 is 23.0 Å². The van der Waals surface area contributed by atoms with Gasteiger partial charge in [-0.3, -0.25) is 10.1 Å². The van der Waals surface area contributed by atoms with Gasteiger partial charge >= 0.3 is 0 Å². The maximum atomic E-state index is 10.8. The summed E-state index contributed by atoms with van der Waals surface area (Å²) in [5.74, 6) is 0.396. The predicted octanol–water partition coefficient (Wildman–Crippen LogP) is 4.14. The van der Waals surface area contributed by atoms with Crippen molar-refractivity contribution in [3.8, 4) is 17.4 Å². The molecule has 0 saturated carbocycles. The lowest BCUT2D eigenvalue weighted by molar-refractivity contribution is -0.384. The Hall–Kier alpha value is -4.85. The molecule has 152 valence electrons. The molecule has 0 spiro atoms. The highest BCUT2D eigenvalue weighted by Gasteiger charge is 2.15. The van der Waals surface area contributed by atoms with Crippen molar-refractivity contribution in [2.45, 2.75) is 6.92 Å². The van der Waals surface area contributed by atoms with Gasteiger partial charge in [0.05, 0.1) is 28.2 Å². The first kappa shape index (κ1) is 19.5. The first-order valence-corrected chi connectivity index (χ1v) is 9.05. The molecule has 0 saturated heterocycles. The molecular formula is C20H15N9O2. The van der Waals surface area contributed by atoms with Crippen LogP contribution in [0.3, 0.4) is 0 Å². The minimum atomic E-state index is -0.491. The third kappa shape index (κ3) is 3.73. The Kier molecular flexibility index (Phi) is 4.95. The van der Waals surface area contributed by atoms with E-state index in [-0.39, 0.29) is 17.1 Å². The van der Waals surface area contributed by atoms with E-state index in [1.807, 2.05) is 36.4 Å². The second-order valence-electron chi connectivity index (χ2n) is 6.46. The third-order valence-corrected chi connectivity index (χ3v) is 4.45. The average molecular weight is 413 g/mol. The summed E-state index contributed by atoms with van der Waals surface area (Å²) in [4.78, 5) is 10.3. The highest BCUT2D eigenvalue weighted by Crippen LogP contribution is 2.31. The standard InChI is InChI=1S/C20H15N9O2/c1-13-18(19(22)28(25-13)16-5-3-2-4-6-16)23-24-20-14(11-21)12-27(26-20)15-7-9-17(10-8-15)29(30)31/h2-10,12H,22H2,1H3. The van der Waals surface area contributed by atoms with Crippen molar-refractivity contribution < 1.29 is 4.92 Å². The lowest BCUT2D eigenvalue weighted by atomic mass is 10.3. The minimum absolute atomic E-state index is 0.0438. The molecule has 0 amide bonds. The Labute approximate surface area is 175 Å².